The molecule has 1 unspecified atom stereocenters. The van der Waals surface area contributed by atoms with Crippen molar-refractivity contribution in [2.75, 3.05) is 36.5 Å². The molecule has 1 heterocycles. The molecule has 1 aliphatic heterocycles. The van der Waals surface area contributed by atoms with E-state index in [0.717, 1.165) is 12.1 Å². The molecule has 0 aliphatic carbocycles. The fraction of sp³-hybridized carbons (Fsp3) is 0.364. The number of benzene rings is 2. The molecule has 1 amide bonds. The Balaban J connectivity index is 1.79. The van der Waals surface area contributed by atoms with Gasteiger partial charge in [0.15, 0.2) is 6.10 Å². The number of halogens is 3. The maximum atomic E-state index is 13.2. The summed E-state index contributed by atoms with van der Waals surface area (Å²) in [5, 5.41) is 2.49. The van der Waals surface area contributed by atoms with Gasteiger partial charge in [-0.05, 0) is 43.7 Å². The zero-order valence-corrected chi connectivity index (χ0v) is 17.2. The van der Waals surface area contributed by atoms with Crippen LogP contribution in [0.2, 0.25) is 0 Å². The van der Waals surface area contributed by atoms with Gasteiger partial charge in [-0.15, -0.1) is 0 Å². The normalized spacial score (nSPS) is 15.3. The summed E-state index contributed by atoms with van der Waals surface area (Å²) < 4.78 is 50.2. The highest BCUT2D eigenvalue weighted by atomic mass is 19.4. The lowest BCUT2D eigenvalue weighted by Crippen LogP contribution is -2.37. The maximum Gasteiger partial charge on any atom is 0.416 e. The molecule has 31 heavy (non-hydrogen) atoms. The first-order valence-electron chi connectivity index (χ1n) is 9.78. The summed E-state index contributed by atoms with van der Waals surface area (Å²) in [6, 6.07) is 9.94. The quantitative estimate of drug-likeness (QED) is 0.717. The predicted molar refractivity (Wildman–Crippen MR) is 109 cm³/mol. The number of morpholine rings is 1. The van der Waals surface area contributed by atoms with E-state index in [9.17, 15) is 22.8 Å². The molecule has 6 nitrogen and oxygen atoms in total. The summed E-state index contributed by atoms with van der Waals surface area (Å²) in [5.41, 5.74) is 0.565. The Labute approximate surface area is 177 Å². The van der Waals surface area contributed by atoms with E-state index in [4.69, 9.17) is 9.47 Å². The first kappa shape index (κ1) is 22.6. The number of ether oxygens (including phenoxy) is 2. The largest absolute Gasteiger partial charge is 0.449 e. The van der Waals surface area contributed by atoms with Crippen molar-refractivity contribution in [1.29, 1.82) is 0 Å². The van der Waals surface area contributed by atoms with Crippen LogP contribution in [0.25, 0.3) is 0 Å². The second-order valence-corrected chi connectivity index (χ2v) is 7.18. The van der Waals surface area contributed by atoms with Crippen LogP contribution in [0.5, 0.6) is 0 Å². The number of carbonyl (C=O) groups excluding carboxylic acids is 2. The lowest BCUT2D eigenvalue weighted by atomic mass is 10.1. The van der Waals surface area contributed by atoms with E-state index >= 15 is 0 Å². The Hall–Kier alpha value is -3.07. The number of nitrogens with one attached hydrogen (secondary N) is 1. The SMILES string of the molecule is Cc1ccccc1C(=O)OC(C)C(=O)Nc1cc(C(F)(F)F)ccc1N1CCOCC1. The predicted octanol–water partition coefficient (Wildman–Crippen LogP) is 4.03. The summed E-state index contributed by atoms with van der Waals surface area (Å²) in [6.45, 7) is 4.92. The van der Waals surface area contributed by atoms with Gasteiger partial charge >= 0.3 is 12.1 Å². The van der Waals surface area contributed by atoms with E-state index in [0.29, 0.717) is 43.1 Å². The molecule has 2 aromatic rings. The van der Waals surface area contributed by atoms with Gasteiger partial charge in [-0.1, -0.05) is 18.2 Å². The molecule has 0 spiro atoms. The number of nitrogens with zero attached hydrogens (tertiary/aromatic N) is 1. The minimum atomic E-state index is -4.56. The highest BCUT2D eigenvalue weighted by Crippen LogP contribution is 2.36. The van der Waals surface area contributed by atoms with Crippen molar-refractivity contribution in [1.82, 2.24) is 0 Å². The topological polar surface area (TPSA) is 67.9 Å². The number of anilines is 2. The Bertz CT molecular complexity index is 956. The second-order valence-electron chi connectivity index (χ2n) is 7.18. The smallest absolute Gasteiger partial charge is 0.416 e. The standard InChI is InChI=1S/C22H23F3N2O4/c1-14-5-3-4-6-17(14)21(29)31-15(2)20(28)26-18-13-16(22(23,24)25)7-8-19(18)27-9-11-30-12-10-27/h3-8,13,15H,9-12H2,1-2H3,(H,26,28). The van der Waals surface area contributed by atoms with Crippen molar-refractivity contribution in [2.24, 2.45) is 0 Å². The van der Waals surface area contributed by atoms with Gasteiger partial charge in [-0.2, -0.15) is 13.2 Å². The van der Waals surface area contributed by atoms with E-state index in [-0.39, 0.29) is 5.69 Å². The molecule has 3 rings (SSSR count). The van der Waals surface area contributed by atoms with Crippen LogP contribution >= 0.6 is 0 Å². The molecule has 1 saturated heterocycles. The van der Waals surface area contributed by atoms with E-state index in [1.165, 1.54) is 13.0 Å². The van der Waals surface area contributed by atoms with Crippen molar-refractivity contribution < 1.29 is 32.2 Å². The van der Waals surface area contributed by atoms with Crippen molar-refractivity contribution in [2.45, 2.75) is 26.1 Å². The number of rotatable bonds is 5. The molecule has 0 aromatic heterocycles. The summed E-state index contributed by atoms with van der Waals surface area (Å²) in [4.78, 5) is 26.8. The van der Waals surface area contributed by atoms with Gasteiger partial charge < -0.3 is 19.7 Å². The Morgan fingerprint density at radius 1 is 1.13 bits per heavy atom. The number of alkyl halides is 3. The van der Waals surface area contributed by atoms with Gasteiger partial charge in [0, 0.05) is 13.1 Å². The third kappa shape index (κ3) is 5.55. The first-order chi connectivity index (χ1) is 14.7. The van der Waals surface area contributed by atoms with Crippen LogP contribution in [0.1, 0.15) is 28.4 Å². The number of hydrogen-bond donors (Lipinski definition) is 1. The number of carbonyl (C=O) groups is 2. The summed E-state index contributed by atoms with van der Waals surface area (Å²) in [7, 11) is 0. The van der Waals surface area contributed by atoms with E-state index in [2.05, 4.69) is 5.32 Å². The molecule has 1 aliphatic rings. The van der Waals surface area contributed by atoms with Crippen LogP contribution in [0.4, 0.5) is 24.5 Å². The van der Waals surface area contributed by atoms with Gasteiger partial charge in [-0.3, -0.25) is 4.79 Å². The summed E-state index contributed by atoms with van der Waals surface area (Å²) in [6.07, 6.45) is -5.77. The van der Waals surface area contributed by atoms with Crippen LogP contribution in [0.15, 0.2) is 42.5 Å². The molecule has 0 bridgehead atoms. The molecule has 9 heteroatoms. The highest BCUT2D eigenvalue weighted by Gasteiger charge is 2.32. The van der Waals surface area contributed by atoms with E-state index < -0.39 is 29.7 Å². The van der Waals surface area contributed by atoms with Gasteiger partial charge in [0.2, 0.25) is 0 Å². The fourth-order valence-corrected chi connectivity index (χ4v) is 3.21. The minimum Gasteiger partial charge on any atom is -0.449 e. The van der Waals surface area contributed by atoms with E-state index in [1.807, 2.05) is 4.90 Å². The molecule has 0 radical (unpaired) electrons. The molecule has 1 atom stereocenters. The first-order valence-corrected chi connectivity index (χ1v) is 9.78. The fourth-order valence-electron chi connectivity index (χ4n) is 3.21. The van der Waals surface area contributed by atoms with Crippen molar-refractivity contribution >= 4 is 23.3 Å². The Morgan fingerprint density at radius 3 is 2.45 bits per heavy atom. The molecule has 0 saturated carbocycles. The second kappa shape index (κ2) is 9.38. The highest BCUT2D eigenvalue weighted by molar-refractivity contribution is 5.99. The molecule has 2 aromatic carbocycles. The molecular weight excluding hydrogens is 413 g/mol. The van der Waals surface area contributed by atoms with Gasteiger partial charge in [0.25, 0.3) is 5.91 Å². The maximum absolute atomic E-state index is 13.2. The van der Waals surface area contributed by atoms with Crippen LogP contribution < -0.4 is 10.2 Å². The average molecular weight is 436 g/mol. The van der Waals surface area contributed by atoms with E-state index in [1.54, 1.807) is 31.2 Å². The zero-order valence-electron chi connectivity index (χ0n) is 17.2. The summed E-state index contributed by atoms with van der Waals surface area (Å²) in [5.74, 6) is -1.41. The van der Waals surface area contributed by atoms with Crippen molar-refractivity contribution in [3.63, 3.8) is 0 Å². The van der Waals surface area contributed by atoms with Crippen molar-refractivity contribution in [3.8, 4) is 0 Å². The van der Waals surface area contributed by atoms with Crippen LogP contribution in [-0.2, 0) is 20.4 Å². The number of aryl methyl sites for hydroxylation is 1. The lowest BCUT2D eigenvalue weighted by Gasteiger charge is -2.31. The monoisotopic (exact) mass is 436 g/mol. The average Bonchev–Trinajstić information content (AvgIpc) is 2.73. The van der Waals surface area contributed by atoms with Crippen LogP contribution in [0, 0.1) is 6.92 Å². The van der Waals surface area contributed by atoms with Crippen LogP contribution in [-0.4, -0.2) is 44.3 Å². The molecular formula is C22H23F3N2O4. The lowest BCUT2D eigenvalue weighted by molar-refractivity contribution is -0.137. The van der Waals surface area contributed by atoms with Gasteiger partial charge in [0.1, 0.15) is 0 Å². The minimum absolute atomic E-state index is 0.000477. The number of hydrogen-bond acceptors (Lipinski definition) is 5. The Kier molecular flexibility index (Phi) is 6.84. The van der Waals surface area contributed by atoms with Gasteiger partial charge in [0.05, 0.1) is 35.7 Å². The molecule has 1 N–H and O–H groups in total. The zero-order chi connectivity index (χ0) is 22.6. The number of amides is 1. The third-order valence-electron chi connectivity index (χ3n) is 4.95. The third-order valence-corrected chi connectivity index (χ3v) is 4.95. The Morgan fingerprint density at radius 2 is 1.81 bits per heavy atom. The van der Waals surface area contributed by atoms with Crippen LogP contribution in [0.3, 0.4) is 0 Å². The number of esters is 1. The van der Waals surface area contributed by atoms with Gasteiger partial charge in [-0.25, -0.2) is 4.79 Å². The molecule has 1 fully saturated rings. The summed E-state index contributed by atoms with van der Waals surface area (Å²) >= 11 is 0. The van der Waals surface area contributed by atoms with Crippen molar-refractivity contribution in [3.05, 3.63) is 59.2 Å². The molecule has 166 valence electrons.